The van der Waals surface area contributed by atoms with E-state index in [2.05, 4.69) is 4.85 Å². The van der Waals surface area contributed by atoms with Crippen LogP contribution in [0.5, 0.6) is 0 Å². The van der Waals surface area contributed by atoms with Crippen LogP contribution in [0.3, 0.4) is 0 Å². The number of nitrogens with two attached hydrogens (primary N) is 1. The van der Waals surface area contributed by atoms with Gasteiger partial charge in [0, 0.05) is 10.5 Å². The highest BCUT2D eigenvalue weighted by atomic mass is 32.2. The fraction of sp³-hybridized carbons (Fsp3) is 0.100. The number of hydrogen-bond donors (Lipinski definition) is 1. The van der Waals surface area contributed by atoms with Crippen LogP contribution < -0.4 is 5.73 Å². The summed E-state index contributed by atoms with van der Waals surface area (Å²) in [6.45, 7) is 7.22. The number of primary amides is 1. The third kappa shape index (κ3) is 3.63. The molecule has 1 aromatic heterocycles. The quantitative estimate of drug-likeness (QED) is 0.390. The van der Waals surface area contributed by atoms with Crippen molar-refractivity contribution in [3.63, 3.8) is 0 Å². The van der Waals surface area contributed by atoms with Crippen LogP contribution in [0.1, 0.15) is 14.5 Å². The van der Waals surface area contributed by atoms with Gasteiger partial charge < -0.3 is 5.73 Å². The summed E-state index contributed by atoms with van der Waals surface area (Å²) < 4.78 is 39.9. The number of thioether (sulfide) groups is 1. The van der Waals surface area contributed by atoms with Crippen LogP contribution in [0, 0.1) is 6.57 Å². The van der Waals surface area contributed by atoms with Crippen molar-refractivity contribution in [1.82, 2.24) is 0 Å². The minimum Gasteiger partial charge on any atom is -0.365 e. The SMILES string of the molecule is [C-]#[N+]c1c(C(F)(F)F)sc(C(N)=O)c1-c1ccc(-c2ccccc2SC)cc1. The lowest BCUT2D eigenvalue weighted by molar-refractivity contribution is -0.133. The molecule has 0 aliphatic heterocycles. The van der Waals surface area contributed by atoms with Crippen molar-refractivity contribution in [3.8, 4) is 22.3 Å². The van der Waals surface area contributed by atoms with Gasteiger partial charge in [0.15, 0.2) is 0 Å². The Kier molecular flexibility index (Phi) is 5.49. The van der Waals surface area contributed by atoms with Crippen LogP contribution in [-0.4, -0.2) is 12.2 Å². The minimum absolute atomic E-state index is 0.0653. The lowest BCUT2D eigenvalue weighted by Gasteiger charge is -2.09. The van der Waals surface area contributed by atoms with Crippen LogP contribution in [0.15, 0.2) is 53.4 Å². The first-order valence-corrected chi connectivity index (χ1v) is 9.97. The van der Waals surface area contributed by atoms with E-state index in [4.69, 9.17) is 12.3 Å². The zero-order valence-corrected chi connectivity index (χ0v) is 16.1. The number of thiophene rings is 1. The second-order valence-electron chi connectivity index (χ2n) is 5.74. The molecule has 3 rings (SSSR count). The molecule has 28 heavy (non-hydrogen) atoms. The summed E-state index contributed by atoms with van der Waals surface area (Å²) in [5.74, 6) is -0.989. The average molecular weight is 418 g/mol. The van der Waals surface area contributed by atoms with Crippen LogP contribution in [0.2, 0.25) is 0 Å². The second kappa shape index (κ2) is 7.70. The second-order valence-corrected chi connectivity index (χ2v) is 7.60. The minimum atomic E-state index is -4.73. The summed E-state index contributed by atoms with van der Waals surface area (Å²) in [7, 11) is 0. The van der Waals surface area contributed by atoms with Crippen molar-refractivity contribution in [3.05, 3.63) is 69.7 Å². The summed E-state index contributed by atoms with van der Waals surface area (Å²) in [6, 6.07) is 14.5. The van der Waals surface area contributed by atoms with E-state index in [0.29, 0.717) is 5.56 Å². The molecule has 0 aliphatic carbocycles. The molecule has 0 saturated carbocycles. The molecule has 142 valence electrons. The zero-order valence-electron chi connectivity index (χ0n) is 14.5. The Bertz CT molecular complexity index is 1080. The van der Waals surface area contributed by atoms with Crippen LogP contribution in [-0.2, 0) is 6.18 Å². The molecule has 0 atom stereocenters. The summed E-state index contributed by atoms with van der Waals surface area (Å²) in [5, 5.41) is 0. The fourth-order valence-electron chi connectivity index (χ4n) is 2.86. The molecule has 0 spiro atoms. The van der Waals surface area contributed by atoms with Crippen molar-refractivity contribution < 1.29 is 18.0 Å². The lowest BCUT2D eigenvalue weighted by Crippen LogP contribution is -2.09. The summed E-state index contributed by atoms with van der Waals surface area (Å²) in [6.07, 6.45) is -2.78. The zero-order chi connectivity index (χ0) is 20.5. The molecule has 0 saturated heterocycles. The first kappa shape index (κ1) is 20.0. The molecule has 8 heteroatoms. The largest absolute Gasteiger partial charge is 0.416 e. The summed E-state index contributed by atoms with van der Waals surface area (Å²) in [4.78, 5) is 14.5. The van der Waals surface area contributed by atoms with E-state index in [1.54, 1.807) is 36.0 Å². The molecule has 0 radical (unpaired) electrons. The summed E-state index contributed by atoms with van der Waals surface area (Å²) in [5.41, 5.74) is 6.84. The molecular formula is C20H13F3N2OS2. The van der Waals surface area contributed by atoms with Gasteiger partial charge in [0.1, 0.15) is 4.88 Å². The van der Waals surface area contributed by atoms with E-state index in [9.17, 15) is 18.0 Å². The number of amides is 1. The number of halogens is 3. The third-order valence-electron chi connectivity index (χ3n) is 4.07. The number of nitrogens with zero attached hydrogens (tertiary/aromatic N) is 1. The van der Waals surface area contributed by atoms with Gasteiger partial charge in [0.2, 0.25) is 5.69 Å². The monoisotopic (exact) mass is 418 g/mol. The van der Waals surface area contributed by atoms with E-state index in [1.165, 1.54) is 0 Å². The molecule has 3 aromatic rings. The molecule has 0 aliphatic rings. The lowest BCUT2D eigenvalue weighted by atomic mass is 9.99. The van der Waals surface area contributed by atoms with E-state index in [-0.39, 0.29) is 21.8 Å². The van der Waals surface area contributed by atoms with Crippen LogP contribution >= 0.6 is 23.1 Å². The Morgan fingerprint density at radius 2 is 1.71 bits per heavy atom. The van der Waals surface area contributed by atoms with Crippen LogP contribution in [0.25, 0.3) is 27.1 Å². The molecule has 3 nitrogen and oxygen atoms in total. The summed E-state index contributed by atoms with van der Waals surface area (Å²) >= 11 is 1.80. The van der Waals surface area contributed by atoms with Crippen molar-refractivity contribution in [2.75, 3.05) is 6.26 Å². The molecule has 0 unspecified atom stereocenters. The topological polar surface area (TPSA) is 47.5 Å². The standard InChI is InChI=1S/C20H13F3N2OS2/c1-25-16-15(17(19(24)26)28-18(16)20(21,22)23)12-9-7-11(8-10-12)13-5-3-4-6-14(13)27-2/h3-10H,2H3,(H2,24,26). The molecule has 2 N–H and O–H groups in total. The Morgan fingerprint density at radius 1 is 1.11 bits per heavy atom. The number of alkyl halides is 3. The maximum Gasteiger partial charge on any atom is 0.416 e. The smallest absolute Gasteiger partial charge is 0.365 e. The van der Waals surface area contributed by atoms with Gasteiger partial charge in [-0.1, -0.05) is 42.5 Å². The third-order valence-corrected chi connectivity index (χ3v) is 6.10. The number of carbonyl (C=O) groups excluding carboxylic acids is 1. The normalized spacial score (nSPS) is 11.2. The molecule has 2 aromatic carbocycles. The van der Waals surface area contributed by atoms with E-state index in [0.717, 1.165) is 16.0 Å². The molecular weight excluding hydrogens is 405 g/mol. The Labute approximate surface area is 167 Å². The van der Waals surface area contributed by atoms with Gasteiger partial charge in [-0.15, -0.1) is 23.1 Å². The Balaban J connectivity index is 2.16. The number of rotatable bonds is 4. The molecule has 1 heterocycles. The van der Waals surface area contributed by atoms with Gasteiger partial charge >= 0.3 is 6.18 Å². The predicted molar refractivity (Wildman–Crippen MR) is 107 cm³/mol. The van der Waals surface area contributed by atoms with E-state index < -0.39 is 22.6 Å². The van der Waals surface area contributed by atoms with Gasteiger partial charge in [-0.3, -0.25) is 4.79 Å². The number of carbonyl (C=O) groups is 1. The number of benzene rings is 2. The Morgan fingerprint density at radius 3 is 2.25 bits per heavy atom. The maximum atomic E-state index is 13.3. The molecule has 1 amide bonds. The highest BCUT2D eigenvalue weighted by Gasteiger charge is 2.39. The van der Waals surface area contributed by atoms with Crippen molar-refractivity contribution >= 4 is 34.7 Å². The fourth-order valence-corrected chi connectivity index (χ4v) is 4.46. The first-order valence-electron chi connectivity index (χ1n) is 7.93. The Hall–Kier alpha value is -2.76. The average Bonchev–Trinajstić information content (AvgIpc) is 3.08. The van der Waals surface area contributed by atoms with E-state index in [1.807, 2.05) is 30.5 Å². The van der Waals surface area contributed by atoms with Gasteiger partial charge in [-0.2, -0.15) is 13.2 Å². The van der Waals surface area contributed by atoms with Gasteiger partial charge in [0.25, 0.3) is 5.91 Å². The number of hydrogen-bond acceptors (Lipinski definition) is 3. The first-order chi connectivity index (χ1) is 13.3. The maximum absolute atomic E-state index is 13.3. The molecule has 0 bridgehead atoms. The highest BCUT2D eigenvalue weighted by molar-refractivity contribution is 7.98. The van der Waals surface area contributed by atoms with Crippen molar-refractivity contribution in [1.29, 1.82) is 0 Å². The van der Waals surface area contributed by atoms with Crippen molar-refractivity contribution in [2.24, 2.45) is 5.73 Å². The highest BCUT2D eigenvalue weighted by Crippen LogP contribution is 2.49. The predicted octanol–water partition coefficient (Wildman–Crippen LogP) is 6.47. The van der Waals surface area contributed by atoms with Gasteiger partial charge in [-0.05, 0) is 29.0 Å². The van der Waals surface area contributed by atoms with Crippen LogP contribution in [0.4, 0.5) is 18.9 Å². The molecule has 0 fully saturated rings. The van der Waals surface area contributed by atoms with Gasteiger partial charge in [0.05, 0.1) is 11.4 Å². The van der Waals surface area contributed by atoms with E-state index >= 15 is 0 Å². The van der Waals surface area contributed by atoms with Gasteiger partial charge in [-0.25, -0.2) is 4.85 Å². The van der Waals surface area contributed by atoms with Crippen molar-refractivity contribution in [2.45, 2.75) is 11.1 Å².